The van der Waals surface area contributed by atoms with Crippen LogP contribution < -0.4 is 4.90 Å². The number of anilines is 3. The first-order valence-electron chi connectivity index (χ1n) is 17.4. The molecular formula is C47H35NS3. The van der Waals surface area contributed by atoms with Crippen molar-refractivity contribution in [1.29, 1.82) is 0 Å². The molecule has 0 N–H and O–H groups in total. The molecule has 0 aliphatic carbocycles. The lowest BCUT2D eigenvalue weighted by molar-refractivity contribution is 0.715. The summed E-state index contributed by atoms with van der Waals surface area (Å²) in [6, 6.07) is 61.6. The van der Waals surface area contributed by atoms with Crippen LogP contribution in [0.3, 0.4) is 0 Å². The van der Waals surface area contributed by atoms with E-state index in [1.807, 2.05) is 34.0 Å². The highest BCUT2D eigenvalue weighted by Gasteiger charge is 2.20. The van der Waals surface area contributed by atoms with Gasteiger partial charge in [0.15, 0.2) is 0 Å². The van der Waals surface area contributed by atoms with Gasteiger partial charge in [0, 0.05) is 55.6 Å². The second-order valence-corrected chi connectivity index (χ2v) is 16.2. The number of rotatable bonds is 10. The van der Waals surface area contributed by atoms with Gasteiger partial charge in [-0.05, 0) is 77.1 Å². The molecule has 3 aromatic heterocycles. The summed E-state index contributed by atoms with van der Waals surface area (Å²) < 4.78 is 2.80. The fourth-order valence-electron chi connectivity index (χ4n) is 7.27. The Morgan fingerprint density at radius 3 is 1.39 bits per heavy atom. The number of nitrogens with zero attached hydrogens (tertiary/aromatic N) is 1. The zero-order valence-corrected chi connectivity index (χ0v) is 30.4. The van der Waals surface area contributed by atoms with Gasteiger partial charge in [-0.15, -0.1) is 34.0 Å². The standard InChI is InChI=1S/C47H35NS3/c1-5-13-33(14-6-1)21-30-41(34-15-7-2-8-16-34)35-22-24-36(25-23-35)42-31-49-46-44(42)45-43(32-50-47(45)51-46)37-26-28-40(29-27-37)48(38-17-9-3-10-18-38)39-19-11-4-12-20-39/h1-20,22-29,31-32,41H,21,30H2. The molecule has 0 saturated heterocycles. The fraction of sp³-hybridized carbons (Fsp3) is 0.0638. The first kappa shape index (κ1) is 31.7. The molecule has 1 atom stereocenters. The maximum Gasteiger partial charge on any atom is 0.0892 e. The van der Waals surface area contributed by atoms with Gasteiger partial charge in [0.05, 0.1) is 8.03 Å². The monoisotopic (exact) mass is 709 g/mol. The maximum absolute atomic E-state index is 2.36. The van der Waals surface area contributed by atoms with E-state index in [1.165, 1.54) is 57.7 Å². The van der Waals surface area contributed by atoms with E-state index in [2.05, 4.69) is 186 Å². The largest absolute Gasteiger partial charge is 0.311 e. The molecule has 0 radical (unpaired) electrons. The van der Waals surface area contributed by atoms with Crippen LogP contribution >= 0.6 is 34.0 Å². The number of para-hydroxylation sites is 2. The first-order valence-corrected chi connectivity index (χ1v) is 20.0. The molecule has 9 aromatic rings. The molecule has 51 heavy (non-hydrogen) atoms. The molecule has 1 unspecified atom stereocenters. The number of hydrogen-bond acceptors (Lipinski definition) is 4. The van der Waals surface area contributed by atoms with Gasteiger partial charge in [-0.3, -0.25) is 0 Å². The highest BCUT2D eigenvalue weighted by molar-refractivity contribution is 7.48. The zero-order valence-electron chi connectivity index (χ0n) is 28.0. The number of hydrogen-bond donors (Lipinski definition) is 0. The summed E-state index contributed by atoms with van der Waals surface area (Å²) in [7, 11) is 0. The Labute approximate surface area is 311 Å². The Bertz CT molecular complexity index is 2460. The average Bonchev–Trinajstić information content (AvgIpc) is 3.90. The molecule has 0 aliphatic rings. The van der Waals surface area contributed by atoms with Crippen molar-refractivity contribution in [3.63, 3.8) is 0 Å². The molecule has 0 bridgehead atoms. The zero-order chi connectivity index (χ0) is 34.0. The van der Waals surface area contributed by atoms with Crippen LogP contribution in [0, 0.1) is 0 Å². The van der Waals surface area contributed by atoms with Crippen LogP contribution in [-0.2, 0) is 6.42 Å². The van der Waals surface area contributed by atoms with Crippen LogP contribution in [-0.4, -0.2) is 0 Å². The summed E-state index contributed by atoms with van der Waals surface area (Å²) in [4.78, 5) is 2.32. The highest BCUT2D eigenvalue weighted by Crippen LogP contribution is 2.50. The van der Waals surface area contributed by atoms with Crippen LogP contribution in [0.25, 0.3) is 41.1 Å². The topological polar surface area (TPSA) is 3.24 Å². The molecule has 3 heterocycles. The molecule has 4 heteroatoms. The quantitative estimate of drug-likeness (QED) is 0.137. The molecule has 0 spiro atoms. The van der Waals surface area contributed by atoms with Crippen molar-refractivity contribution < 1.29 is 0 Å². The van der Waals surface area contributed by atoms with E-state index in [0.29, 0.717) is 5.92 Å². The number of thiophene rings is 3. The molecule has 0 aliphatic heterocycles. The molecule has 246 valence electrons. The minimum Gasteiger partial charge on any atom is -0.311 e. The van der Waals surface area contributed by atoms with Crippen molar-refractivity contribution in [1.82, 2.24) is 0 Å². The summed E-state index contributed by atoms with van der Waals surface area (Å²) >= 11 is 5.68. The summed E-state index contributed by atoms with van der Waals surface area (Å²) in [5, 5.41) is 7.50. The Kier molecular flexibility index (Phi) is 8.80. The van der Waals surface area contributed by atoms with Crippen molar-refractivity contribution in [2.45, 2.75) is 18.8 Å². The fourth-order valence-corrected chi connectivity index (χ4v) is 11.0. The van der Waals surface area contributed by atoms with E-state index in [1.54, 1.807) is 0 Å². The Hall–Kier alpha value is -5.26. The van der Waals surface area contributed by atoms with Crippen LogP contribution in [0.15, 0.2) is 181 Å². The summed E-state index contributed by atoms with van der Waals surface area (Å²) in [5.41, 5.74) is 12.8. The third kappa shape index (κ3) is 6.32. The van der Waals surface area contributed by atoms with Crippen molar-refractivity contribution >= 4 is 69.9 Å². The first-order chi connectivity index (χ1) is 25.3. The van der Waals surface area contributed by atoms with E-state index < -0.39 is 0 Å². The third-order valence-electron chi connectivity index (χ3n) is 9.81. The number of benzene rings is 6. The van der Waals surface area contributed by atoms with Gasteiger partial charge in [-0.25, -0.2) is 0 Å². The van der Waals surface area contributed by atoms with E-state index >= 15 is 0 Å². The Morgan fingerprint density at radius 1 is 0.431 bits per heavy atom. The third-order valence-corrected chi connectivity index (χ3v) is 13.2. The second kappa shape index (κ2) is 14.2. The van der Waals surface area contributed by atoms with Gasteiger partial charge < -0.3 is 4.90 Å². The lowest BCUT2D eigenvalue weighted by atomic mass is 9.85. The van der Waals surface area contributed by atoms with Crippen molar-refractivity contribution in [3.8, 4) is 22.3 Å². The number of aryl methyl sites for hydroxylation is 1. The summed E-state index contributed by atoms with van der Waals surface area (Å²) in [6.07, 6.45) is 2.13. The smallest absolute Gasteiger partial charge is 0.0892 e. The summed E-state index contributed by atoms with van der Waals surface area (Å²) in [5.74, 6) is 0.349. The van der Waals surface area contributed by atoms with Crippen LogP contribution in [0.4, 0.5) is 17.1 Å². The molecule has 0 saturated carbocycles. The Balaban J connectivity index is 1.05. The van der Waals surface area contributed by atoms with E-state index in [9.17, 15) is 0 Å². The van der Waals surface area contributed by atoms with Gasteiger partial charge >= 0.3 is 0 Å². The lowest BCUT2D eigenvalue weighted by Gasteiger charge is -2.25. The van der Waals surface area contributed by atoms with Crippen molar-refractivity contribution in [3.05, 3.63) is 197 Å². The SMILES string of the molecule is c1ccc(CCC(c2ccccc2)c2ccc(-c3csc4sc5scc(-c6ccc(N(c7ccccc7)c7ccccc7)cc6)c5c34)cc2)cc1. The van der Waals surface area contributed by atoms with Gasteiger partial charge in [-0.1, -0.05) is 133 Å². The second-order valence-electron chi connectivity index (χ2n) is 12.9. The molecule has 0 amide bonds. The summed E-state index contributed by atoms with van der Waals surface area (Å²) in [6.45, 7) is 0. The predicted octanol–water partition coefficient (Wildman–Crippen LogP) is 14.7. The minimum absolute atomic E-state index is 0.349. The highest BCUT2D eigenvalue weighted by atomic mass is 32.2. The number of fused-ring (bicyclic) bond motifs is 3. The van der Waals surface area contributed by atoms with Crippen LogP contribution in [0.2, 0.25) is 0 Å². The Morgan fingerprint density at radius 2 is 0.863 bits per heavy atom. The van der Waals surface area contributed by atoms with E-state index in [4.69, 9.17) is 0 Å². The van der Waals surface area contributed by atoms with Gasteiger partial charge in [0.25, 0.3) is 0 Å². The molecule has 9 rings (SSSR count). The van der Waals surface area contributed by atoms with E-state index in [-0.39, 0.29) is 0 Å². The van der Waals surface area contributed by atoms with Gasteiger partial charge in [0.1, 0.15) is 0 Å². The van der Waals surface area contributed by atoms with Crippen molar-refractivity contribution in [2.75, 3.05) is 4.90 Å². The average molecular weight is 710 g/mol. The molecule has 0 fully saturated rings. The van der Waals surface area contributed by atoms with Crippen LogP contribution in [0.1, 0.15) is 29.0 Å². The molecular weight excluding hydrogens is 675 g/mol. The molecule has 6 aromatic carbocycles. The van der Waals surface area contributed by atoms with Gasteiger partial charge in [-0.2, -0.15) is 0 Å². The maximum atomic E-state index is 2.36. The minimum atomic E-state index is 0.349. The predicted molar refractivity (Wildman–Crippen MR) is 224 cm³/mol. The molecule has 1 nitrogen and oxygen atoms in total. The normalized spacial score (nSPS) is 12.0. The van der Waals surface area contributed by atoms with Crippen molar-refractivity contribution in [2.24, 2.45) is 0 Å². The van der Waals surface area contributed by atoms with Gasteiger partial charge in [0.2, 0.25) is 0 Å². The lowest BCUT2D eigenvalue weighted by Crippen LogP contribution is -2.09. The van der Waals surface area contributed by atoms with E-state index in [0.717, 1.165) is 29.9 Å². The van der Waals surface area contributed by atoms with Crippen LogP contribution in [0.5, 0.6) is 0 Å².